The first-order chi connectivity index (χ1) is 6.89. The summed E-state index contributed by atoms with van der Waals surface area (Å²) in [5, 5.41) is -0.442. The predicted octanol–water partition coefficient (Wildman–Crippen LogP) is 0.786. The van der Waals surface area contributed by atoms with Crippen molar-refractivity contribution in [3.8, 4) is 0 Å². The van der Waals surface area contributed by atoms with Crippen molar-refractivity contribution in [1.82, 2.24) is 9.55 Å². The molecule has 0 fully saturated rings. The lowest BCUT2D eigenvalue weighted by Gasteiger charge is -2.05. The Bertz CT molecular complexity index is 628. The summed E-state index contributed by atoms with van der Waals surface area (Å²) >= 11 is 0. The molecule has 0 spiro atoms. The second-order valence-corrected chi connectivity index (χ2v) is 4.67. The van der Waals surface area contributed by atoms with Gasteiger partial charge in [0.25, 0.3) is 0 Å². The topological polar surface area (TPSA) is 75.0 Å². The number of nitrogens with zero attached hydrogens (tertiary/aromatic N) is 2. The number of rotatable bonds is 1. The average Bonchev–Trinajstić information content (AvgIpc) is 2.42. The van der Waals surface area contributed by atoms with Crippen LogP contribution in [-0.4, -0.2) is 22.5 Å². The minimum absolute atomic E-state index is 0.442. The molecule has 0 saturated carbocycles. The molecule has 0 amide bonds. The molecule has 1 heterocycles. The molecule has 0 N–H and O–H groups in total. The van der Waals surface area contributed by atoms with E-state index in [0.717, 1.165) is 5.56 Å². The second-order valence-electron chi connectivity index (χ2n) is 3.40. The lowest BCUT2D eigenvalue weighted by atomic mass is 10.2. The first-order valence-corrected chi connectivity index (χ1v) is 5.69. The van der Waals surface area contributed by atoms with Crippen molar-refractivity contribution in [2.75, 3.05) is 0 Å². The Morgan fingerprint density at radius 2 is 2.07 bits per heavy atom. The molecule has 0 radical (unpaired) electrons. The van der Waals surface area contributed by atoms with E-state index in [1.165, 1.54) is 11.6 Å². The van der Waals surface area contributed by atoms with Gasteiger partial charge in [0.2, 0.25) is 5.16 Å². The maximum absolute atomic E-state index is 10.9. The number of hydrogen-bond donors (Lipinski definition) is 0. The third-order valence-electron chi connectivity index (χ3n) is 2.22. The fraction of sp³-hybridized carbons (Fsp3) is 0.222. The predicted molar refractivity (Wildman–Crippen MR) is 53.4 cm³/mol. The number of fused-ring (bicyclic) bond motifs is 1. The van der Waals surface area contributed by atoms with Crippen molar-refractivity contribution in [3.05, 3.63) is 23.8 Å². The molecule has 5 nitrogen and oxygen atoms in total. The zero-order valence-corrected chi connectivity index (χ0v) is 9.08. The Balaban J connectivity index is 2.87. The minimum Gasteiger partial charge on any atom is -0.742 e. The van der Waals surface area contributed by atoms with Crippen molar-refractivity contribution in [2.45, 2.75) is 12.1 Å². The molecule has 2 rings (SSSR count). The van der Waals surface area contributed by atoms with E-state index in [4.69, 9.17) is 0 Å². The third kappa shape index (κ3) is 1.62. The Morgan fingerprint density at radius 1 is 1.40 bits per heavy atom. The summed E-state index contributed by atoms with van der Waals surface area (Å²) in [7, 11) is -3.00. The van der Waals surface area contributed by atoms with Crippen LogP contribution >= 0.6 is 0 Å². The Hall–Kier alpha value is -1.40. The van der Waals surface area contributed by atoms with Crippen LogP contribution in [0.3, 0.4) is 0 Å². The SMILES string of the molecule is Cc1ccc2c(c1)nc(S(=O)(=O)[O-])n2C. The average molecular weight is 225 g/mol. The van der Waals surface area contributed by atoms with Gasteiger partial charge in [-0.15, -0.1) is 0 Å². The van der Waals surface area contributed by atoms with Gasteiger partial charge in [0.1, 0.15) is 0 Å². The second kappa shape index (κ2) is 3.04. The van der Waals surface area contributed by atoms with E-state index in [0.29, 0.717) is 11.0 Å². The van der Waals surface area contributed by atoms with E-state index < -0.39 is 15.3 Å². The van der Waals surface area contributed by atoms with Crippen molar-refractivity contribution < 1.29 is 13.0 Å². The van der Waals surface area contributed by atoms with E-state index in [9.17, 15) is 13.0 Å². The summed E-state index contributed by atoms with van der Waals surface area (Å²) in [6, 6.07) is 5.32. The van der Waals surface area contributed by atoms with Gasteiger partial charge in [-0.1, -0.05) is 6.07 Å². The fourth-order valence-corrected chi connectivity index (χ4v) is 2.16. The molecule has 0 aliphatic carbocycles. The standard InChI is InChI=1S/C9H10N2O3S/c1-6-3-4-8-7(5-6)10-9(11(8)2)15(12,13)14/h3-5H,1-2H3,(H,12,13,14)/p-1. The molecule has 1 aromatic carbocycles. The zero-order valence-electron chi connectivity index (χ0n) is 8.26. The van der Waals surface area contributed by atoms with Gasteiger partial charge in [0.05, 0.1) is 11.0 Å². The molecule has 0 aliphatic heterocycles. The highest BCUT2D eigenvalue weighted by atomic mass is 32.2. The van der Waals surface area contributed by atoms with Crippen LogP contribution in [0, 0.1) is 6.92 Å². The van der Waals surface area contributed by atoms with Crippen LogP contribution in [-0.2, 0) is 17.2 Å². The highest BCUT2D eigenvalue weighted by Gasteiger charge is 2.12. The lowest BCUT2D eigenvalue weighted by Crippen LogP contribution is -2.06. The Morgan fingerprint density at radius 3 is 2.67 bits per heavy atom. The summed E-state index contributed by atoms with van der Waals surface area (Å²) in [6.45, 7) is 1.87. The van der Waals surface area contributed by atoms with Gasteiger partial charge in [-0.3, -0.25) is 0 Å². The summed E-state index contributed by atoms with van der Waals surface area (Å²) in [5.41, 5.74) is 2.12. The normalized spacial score (nSPS) is 12.2. The molecule has 0 saturated heterocycles. The largest absolute Gasteiger partial charge is 0.742 e. The molecule has 1 aromatic heterocycles. The molecular formula is C9H9N2O3S-. The number of hydrogen-bond acceptors (Lipinski definition) is 4. The fourth-order valence-electron chi connectivity index (χ4n) is 1.51. The number of aromatic nitrogens is 2. The van der Waals surface area contributed by atoms with Crippen molar-refractivity contribution >= 4 is 21.2 Å². The van der Waals surface area contributed by atoms with Crippen LogP contribution in [0.5, 0.6) is 0 Å². The van der Waals surface area contributed by atoms with Crippen LogP contribution in [0.4, 0.5) is 0 Å². The summed E-state index contributed by atoms with van der Waals surface area (Å²) in [6.07, 6.45) is 0. The van der Waals surface area contributed by atoms with Crippen LogP contribution in [0.15, 0.2) is 23.4 Å². The maximum atomic E-state index is 10.9. The van der Waals surface area contributed by atoms with Crippen LogP contribution < -0.4 is 0 Å². The lowest BCUT2D eigenvalue weighted by molar-refractivity contribution is 0.450. The summed E-state index contributed by atoms with van der Waals surface area (Å²) in [5.74, 6) is 0. The van der Waals surface area contributed by atoms with Gasteiger partial charge in [-0.25, -0.2) is 13.4 Å². The number of benzene rings is 1. The van der Waals surface area contributed by atoms with Crippen LogP contribution in [0.2, 0.25) is 0 Å². The number of imidazole rings is 1. The van der Waals surface area contributed by atoms with Gasteiger partial charge < -0.3 is 9.12 Å². The van der Waals surface area contributed by atoms with Gasteiger partial charge in [-0.05, 0) is 24.6 Å². The highest BCUT2D eigenvalue weighted by Crippen LogP contribution is 2.18. The number of aryl methyl sites for hydroxylation is 2. The van der Waals surface area contributed by atoms with Crippen molar-refractivity contribution in [1.29, 1.82) is 0 Å². The summed E-state index contributed by atoms with van der Waals surface area (Å²) < 4.78 is 33.9. The molecular weight excluding hydrogens is 216 g/mol. The Labute approximate surface area is 87.1 Å². The monoisotopic (exact) mass is 225 g/mol. The molecule has 0 aliphatic rings. The minimum atomic E-state index is -4.51. The molecule has 0 atom stereocenters. The highest BCUT2D eigenvalue weighted by molar-refractivity contribution is 7.85. The molecule has 80 valence electrons. The quantitative estimate of drug-likeness (QED) is 0.672. The molecule has 6 heteroatoms. The first-order valence-electron chi connectivity index (χ1n) is 4.28. The summed E-state index contributed by atoms with van der Waals surface area (Å²) in [4.78, 5) is 3.81. The van der Waals surface area contributed by atoms with Crippen LogP contribution in [0.1, 0.15) is 5.56 Å². The van der Waals surface area contributed by atoms with Gasteiger partial charge in [0.15, 0.2) is 10.1 Å². The van der Waals surface area contributed by atoms with Gasteiger partial charge >= 0.3 is 0 Å². The van der Waals surface area contributed by atoms with Crippen LogP contribution in [0.25, 0.3) is 11.0 Å². The molecule has 0 unspecified atom stereocenters. The van der Waals surface area contributed by atoms with E-state index in [1.807, 2.05) is 13.0 Å². The molecule has 15 heavy (non-hydrogen) atoms. The molecule has 2 aromatic rings. The maximum Gasteiger partial charge on any atom is 0.215 e. The van der Waals surface area contributed by atoms with Gasteiger partial charge in [0, 0.05) is 7.05 Å². The van der Waals surface area contributed by atoms with Gasteiger partial charge in [-0.2, -0.15) is 0 Å². The van der Waals surface area contributed by atoms with E-state index in [-0.39, 0.29) is 0 Å². The molecule has 0 bridgehead atoms. The van der Waals surface area contributed by atoms with E-state index in [1.54, 1.807) is 12.1 Å². The van der Waals surface area contributed by atoms with E-state index >= 15 is 0 Å². The van der Waals surface area contributed by atoms with Crippen molar-refractivity contribution in [2.24, 2.45) is 7.05 Å². The van der Waals surface area contributed by atoms with E-state index in [2.05, 4.69) is 4.98 Å². The zero-order chi connectivity index (χ0) is 11.2. The first kappa shape index (κ1) is 10.1. The third-order valence-corrected chi connectivity index (χ3v) is 3.03. The van der Waals surface area contributed by atoms with Crippen molar-refractivity contribution in [3.63, 3.8) is 0 Å². The smallest absolute Gasteiger partial charge is 0.215 e. The Kier molecular flexibility index (Phi) is 2.06.